The normalized spacial score (nSPS) is 20.5. The number of anilines is 1. The van der Waals surface area contributed by atoms with Gasteiger partial charge >= 0.3 is 0 Å². The third-order valence-corrected chi connectivity index (χ3v) is 5.86. The highest BCUT2D eigenvalue weighted by atomic mass is 16.5. The molecule has 0 radical (unpaired) electrons. The number of hydrogen-bond donors (Lipinski definition) is 0. The Morgan fingerprint density at radius 1 is 1.03 bits per heavy atom. The first-order chi connectivity index (χ1) is 14.2. The topological polar surface area (TPSA) is 61.8 Å². The maximum absolute atomic E-state index is 13.1. The molecule has 2 fully saturated rings. The Kier molecular flexibility index (Phi) is 6.24. The number of carbonyl (C=O) groups is 1. The molecular formula is C22H29N5O2. The summed E-state index contributed by atoms with van der Waals surface area (Å²) in [5, 5.41) is 8.31. The van der Waals surface area contributed by atoms with Gasteiger partial charge in [0.2, 0.25) is 11.8 Å². The smallest absolute Gasteiger partial charge is 0.233 e. The first kappa shape index (κ1) is 19.6. The second kappa shape index (κ2) is 9.22. The van der Waals surface area contributed by atoms with E-state index in [0.717, 1.165) is 57.9 Å². The molecule has 2 saturated heterocycles. The fourth-order valence-electron chi connectivity index (χ4n) is 4.20. The molecule has 0 bridgehead atoms. The number of rotatable bonds is 5. The molecule has 1 aromatic carbocycles. The molecule has 2 aliphatic rings. The highest BCUT2D eigenvalue weighted by molar-refractivity contribution is 5.80. The molecule has 3 heterocycles. The van der Waals surface area contributed by atoms with Crippen LogP contribution in [-0.2, 0) is 11.3 Å². The van der Waals surface area contributed by atoms with Gasteiger partial charge in [0.25, 0.3) is 0 Å². The molecule has 0 aliphatic carbocycles. The van der Waals surface area contributed by atoms with Crippen LogP contribution in [0.2, 0.25) is 0 Å². The molecule has 1 atom stereocenters. The van der Waals surface area contributed by atoms with E-state index in [0.29, 0.717) is 12.4 Å². The summed E-state index contributed by atoms with van der Waals surface area (Å²) in [6, 6.07) is 14.3. The number of hydrogen-bond acceptors (Lipinski definition) is 6. The van der Waals surface area contributed by atoms with Gasteiger partial charge in [-0.15, -0.1) is 10.2 Å². The van der Waals surface area contributed by atoms with E-state index in [-0.39, 0.29) is 11.8 Å². The third-order valence-electron chi connectivity index (χ3n) is 5.86. The Hall–Kier alpha value is -2.67. The lowest BCUT2D eigenvalue weighted by Crippen LogP contribution is -2.52. The van der Waals surface area contributed by atoms with Crippen LogP contribution < -0.4 is 9.64 Å². The molecule has 1 aromatic heterocycles. The molecule has 7 heteroatoms. The van der Waals surface area contributed by atoms with Gasteiger partial charge in [-0.25, -0.2) is 0 Å². The van der Waals surface area contributed by atoms with Crippen molar-refractivity contribution in [1.82, 2.24) is 20.0 Å². The van der Waals surface area contributed by atoms with Crippen LogP contribution in [-0.4, -0.2) is 72.3 Å². The summed E-state index contributed by atoms with van der Waals surface area (Å²) in [6.45, 7) is 6.06. The summed E-state index contributed by atoms with van der Waals surface area (Å²) in [4.78, 5) is 19.8. The van der Waals surface area contributed by atoms with Crippen LogP contribution in [0.1, 0.15) is 18.4 Å². The van der Waals surface area contributed by atoms with Crippen LogP contribution in [0.25, 0.3) is 0 Å². The summed E-state index contributed by atoms with van der Waals surface area (Å²) in [5.41, 5.74) is 1.33. The summed E-state index contributed by atoms with van der Waals surface area (Å²) in [5.74, 6) is 1.64. The molecule has 0 unspecified atom stereocenters. The van der Waals surface area contributed by atoms with Gasteiger partial charge in [0.1, 0.15) is 0 Å². The molecule has 7 nitrogen and oxygen atoms in total. The summed E-state index contributed by atoms with van der Waals surface area (Å²) < 4.78 is 5.08. The number of aromatic nitrogens is 2. The van der Waals surface area contributed by atoms with E-state index in [2.05, 4.69) is 49.2 Å². The third kappa shape index (κ3) is 4.85. The van der Waals surface area contributed by atoms with Gasteiger partial charge in [0.15, 0.2) is 5.82 Å². The van der Waals surface area contributed by atoms with Crippen molar-refractivity contribution in [2.24, 2.45) is 5.92 Å². The Balaban J connectivity index is 1.30. The molecule has 2 aromatic rings. The minimum absolute atomic E-state index is 0.0355. The summed E-state index contributed by atoms with van der Waals surface area (Å²) in [7, 11) is 1.58. The average molecular weight is 396 g/mol. The minimum atomic E-state index is 0.0355. The fourth-order valence-corrected chi connectivity index (χ4v) is 4.20. The first-order valence-electron chi connectivity index (χ1n) is 10.4. The highest BCUT2D eigenvalue weighted by Crippen LogP contribution is 2.24. The number of methoxy groups -OCH3 is 1. The second-order valence-electron chi connectivity index (χ2n) is 7.81. The number of ether oxygens (including phenoxy) is 1. The van der Waals surface area contributed by atoms with Gasteiger partial charge in [-0.2, -0.15) is 0 Å². The van der Waals surface area contributed by atoms with Crippen molar-refractivity contribution in [3.05, 3.63) is 48.0 Å². The van der Waals surface area contributed by atoms with Crippen molar-refractivity contribution >= 4 is 11.7 Å². The summed E-state index contributed by atoms with van der Waals surface area (Å²) >= 11 is 0. The van der Waals surface area contributed by atoms with Crippen molar-refractivity contribution in [1.29, 1.82) is 0 Å². The largest absolute Gasteiger partial charge is 0.480 e. The molecule has 1 amide bonds. The van der Waals surface area contributed by atoms with Gasteiger partial charge in [-0.05, 0) is 24.5 Å². The van der Waals surface area contributed by atoms with Crippen LogP contribution in [0, 0.1) is 5.92 Å². The van der Waals surface area contributed by atoms with Gasteiger partial charge in [0.05, 0.1) is 13.0 Å². The SMILES string of the molecule is COc1ccc(N2CCC[C@@H](C(=O)N3CCN(Cc4ccccc4)CC3)C2)nn1. The number of carbonyl (C=O) groups excluding carboxylic acids is 1. The predicted octanol–water partition coefficient (Wildman–Crippen LogP) is 2.05. The van der Waals surface area contributed by atoms with Crippen molar-refractivity contribution in [3.63, 3.8) is 0 Å². The molecule has 2 aliphatic heterocycles. The minimum Gasteiger partial charge on any atom is -0.480 e. The van der Waals surface area contributed by atoms with E-state index < -0.39 is 0 Å². The maximum Gasteiger partial charge on any atom is 0.233 e. The average Bonchev–Trinajstić information content (AvgIpc) is 2.80. The molecule has 29 heavy (non-hydrogen) atoms. The lowest BCUT2D eigenvalue weighted by molar-refractivity contribution is -0.137. The van der Waals surface area contributed by atoms with Crippen LogP contribution in [0.15, 0.2) is 42.5 Å². The maximum atomic E-state index is 13.1. The lowest BCUT2D eigenvalue weighted by atomic mass is 9.96. The van der Waals surface area contributed by atoms with E-state index in [9.17, 15) is 4.79 Å². The molecule has 0 N–H and O–H groups in total. The number of amides is 1. The number of piperazine rings is 1. The monoisotopic (exact) mass is 395 g/mol. The van der Waals surface area contributed by atoms with Crippen LogP contribution in [0.3, 0.4) is 0 Å². The van der Waals surface area contributed by atoms with Gasteiger partial charge in [-0.1, -0.05) is 30.3 Å². The zero-order chi connectivity index (χ0) is 20.1. The zero-order valence-corrected chi connectivity index (χ0v) is 17.0. The Labute approximate surface area is 172 Å². The van der Waals surface area contributed by atoms with Crippen LogP contribution in [0.4, 0.5) is 5.82 Å². The van der Waals surface area contributed by atoms with Crippen molar-refractivity contribution in [2.75, 3.05) is 51.3 Å². The standard InChI is InChI=1S/C22H29N5O2/c1-29-21-10-9-20(23-24-21)27-11-5-8-19(17-27)22(28)26-14-12-25(13-15-26)16-18-6-3-2-4-7-18/h2-4,6-7,9-10,19H,5,8,11-17H2,1H3/t19-/m1/s1. The molecule has 154 valence electrons. The summed E-state index contributed by atoms with van der Waals surface area (Å²) in [6.07, 6.45) is 1.95. The van der Waals surface area contributed by atoms with Gasteiger partial charge in [-0.3, -0.25) is 9.69 Å². The molecular weight excluding hydrogens is 366 g/mol. The Morgan fingerprint density at radius 3 is 2.52 bits per heavy atom. The number of benzene rings is 1. The Bertz CT molecular complexity index is 791. The van der Waals surface area contributed by atoms with Crippen molar-refractivity contribution in [2.45, 2.75) is 19.4 Å². The molecule has 0 spiro atoms. The van der Waals surface area contributed by atoms with E-state index in [1.165, 1.54) is 5.56 Å². The van der Waals surface area contributed by atoms with Crippen LogP contribution >= 0.6 is 0 Å². The van der Waals surface area contributed by atoms with Crippen LogP contribution in [0.5, 0.6) is 5.88 Å². The van der Waals surface area contributed by atoms with E-state index >= 15 is 0 Å². The second-order valence-corrected chi connectivity index (χ2v) is 7.81. The van der Waals surface area contributed by atoms with E-state index in [4.69, 9.17) is 4.74 Å². The van der Waals surface area contributed by atoms with E-state index in [1.807, 2.05) is 18.2 Å². The number of nitrogens with zero attached hydrogens (tertiary/aromatic N) is 5. The number of piperidine rings is 1. The van der Waals surface area contributed by atoms with Crippen molar-refractivity contribution in [3.8, 4) is 5.88 Å². The van der Waals surface area contributed by atoms with Gasteiger partial charge in [0, 0.05) is 51.9 Å². The molecule has 4 rings (SSSR count). The first-order valence-corrected chi connectivity index (χ1v) is 10.4. The predicted molar refractivity (Wildman–Crippen MR) is 112 cm³/mol. The van der Waals surface area contributed by atoms with E-state index in [1.54, 1.807) is 7.11 Å². The molecule has 0 saturated carbocycles. The highest BCUT2D eigenvalue weighted by Gasteiger charge is 2.31. The fraction of sp³-hybridized carbons (Fsp3) is 0.500. The lowest BCUT2D eigenvalue weighted by Gasteiger charge is -2.39. The zero-order valence-electron chi connectivity index (χ0n) is 17.0. The van der Waals surface area contributed by atoms with Gasteiger partial charge < -0.3 is 14.5 Å². The quantitative estimate of drug-likeness (QED) is 0.772. The van der Waals surface area contributed by atoms with Crippen molar-refractivity contribution < 1.29 is 9.53 Å². The Morgan fingerprint density at radius 2 is 1.83 bits per heavy atom.